The second-order valence-electron chi connectivity index (χ2n) is 7.80. The van der Waals surface area contributed by atoms with Crippen molar-refractivity contribution in [2.75, 3.05) is 13.7 Å². The van der Waals surface area contributed by atoms with Crippen LogP contribution in [0.3, 0.4) is 0 Å². The number of nitrogens with one attached hydrogen (secondary N) is 1. The van der Waals surface area contributed by atoms with Crippen molar-refractivity contribution in [3.63, 3.8) is 0 Å². The van der Waals surface area contributed by atoms with Crippen molar-refractivity contribution >= 4 is 11.6 Å². The molecule has 1 aromatic heterocycles. The molecule has 0 unspecified atom stereocenters. The van der Waals surface area contributed by atoms with Gasteiger partial charge < -0.3 is 14.8 Å². The van der Waals surface area contributed by atoms with Crippen LogP contribution in [0.5, 0.6) is 11.5 Å². The quantitative estimate of drug-likeness (QED) is 0.812. The molecule has 0 bridgehead atoms. The first-order chi connectivity index (χ1) is 13.5. The largest absolute Gasteiger partial charge is 0.503 e. The number of ether oxygens (including phenoxy) is 1. The molecule has 1 aromatic carbocycles. The highest BCUT2D eigenvalue weighted by Crippen LogP contribution is 2.35. The molecule has 2 N–H and O–H groups in total. The third-order valence-electron chi connectivity index (χ3n) is 5.87. The summed E-state index contributed by atoms with van der Waals surface area (Å²) < 4.78 is 5.18. The molecule has 0 spiro atoms. The maximum Gasteiger partial charge on any atom is 0.255 e. The summed E-state index contributed by atoms with van der Waals surface area (Å²) in [5.41, 5.74) is 2.65. The SMILES string of the molecule is COc1cc(CN2CCc3nc(C4CCCCC4)[nH]c(=O)c3C2)cc(Cl)c1O. The van der Waals surface area contributed by atoms with E-state index in [0.29, 0.717) is 24.8 Å². The fraction of sp³-hybridized carbons (Fsp3) is 0.524. The number of phenolic OH excluding ortho intramolecular Hbond substituents is 1. The lowest BCUT2D eigenvalue weighted by Gasteiger charge is -2.29. The second-order valence-corrected chi connectivity index (χ2v) is 8.21. The molecule has 1 fully saturated rings. The van der Waals surface area contributed by atoms with Gasteiger partial charge in [-0.05, 0) is 30.5 Å². The van der Waals surface area contributed by atoms with Gasteiger partial charge in [0, 0.05) is 32.0 Å². The van der Waals surface area contributed by atoms with E-state index in [-0.39, 0.29) is 16.3 Å². The molecule has 2 aliphatic rings. The van der Waals surface area contributed by atoms with E-state index in [4.69, 9.17) is 21.3 Å². The number of hydrogen-bond donors (Lipinski definition) is 2. The van der Waals surface area contributed by atoms with Gasteiger partial charge >= 0.3 is 0 Å². The lowest BCUT2D eigenvalue weighted by Crippen LogP contribution is -2.36. The number of benzene rings is 1. The van der Waals surface area contributed by atoms with E-state index in [1.807, 2.05) is 0 Å². The van der Waals surface area contributed by atoms with Crippen LogP contribution < -0.4 is 10.3 Å². The zero-order chi connectivity index (χ0) is 19.7. The minimum Gasteiger partial charge on any atom is -0.503 e. The fourth-order valence-corrected chi connectivity index (χ4v) is 4.57. The number of halogens is 1. The highest BCUT2D eigenvalue weighted by Gasteiger charge is 2.25. The highest BCUT2D eigenvalue weighted by molar-refractivity contribution is 6.32. The van der Waals surface area contributed by atoms with Gasteiger partial charge in [-0.15, -0.1) is 0 Å². The van der Waals surface area contributed by atoms with Gasteiger partial charge in [-0.2, -0.15) is 0 Å². The average molecular weight is 404 g/mol. The van der Waals surface area contributed by atoms with Gasteiger partial charge in [-0.3, -0.25) is 9.69 Å². The van der Waals surface area contributed by atoms with Crippen molar-refractivity contribution in [2.45, 2.75) is 57.5 Å². The molecule has 28 heavy (non-hydrogen) atoms. The van der Waals surface area contributed by atoms with Crippen molar-refractivity contribution in [3.05, 3.63) is 50.2 Å². The number of nitrogens with zero attached hydrogens (tertiary/aromatic N) is 2. The van der Waals surface area contributed by atoms with Crippen molar-refractivity contribution in [1.82, 2.24) is 14.9 Å². The van der Waals surface area contributed by atoms with Crippen molar-refractivity contribution in [2.24, 2.45) is 0 Å². The summed E-state index contributed by atoms with van der Waals surface area (Å²) in [6.07, 6.45) is 6.74. The number of H-pyrrole nitrogens is 1. The molecule has 0 radical (unpaired) electrons. The van der Waals surface area contributed by atoms with E-state index in [9.17, 15) is 9.90 Å². The van der Waals surface area contributed by atoms with Gasteiger partial charge in [-0.25, -0.2) is 4.98 Å². The normalized spacial score (nSPS) is 18.1. The smallest absolute Gasteiger partial charge is 0.255 e. The van der Waals surface area contributed by atoms with Gasteiger partial charge in [0.1, 0.15) is 5.82 Å². The standard InChI is InChI=1S/C21H26ClN3O3/c1-28-18-10-13(9-16(22)19(18)26)11-25-8-7-17-15(12-25)21(27)24-20(23-17)14-5-3-2-4-6-14/h9-10,14,26H,2-8,11-12H2,1H3,(H,23,24,27). The Morgan fingerprint density at radius 1 is 1.32 bits per heavy atom. The van der Waals surface area contributed by atoms with Crippen LogP contribution in [-0.4, -0.2) is 33.6 Å². The summed E-state index contributed by atoms with van der Waals surface area (Å²) >= 11 is 6.10. The van der Waals surface area contributed by atoms with Gasteiger partial charge in [0.25, 0.3) is 5.56 Å². The summed E-state index contributed by atoms with van der Waals surface area (Å²) in [5, 5.41) is 10.2. The summed E-state index contributed by atoms with van der Waals surface area (Å²) in [7, 11) is 1.50. The molecule has 0 saturated heterocycles. The lowest BCUT2D eigenvalue weighted by molar-refractivity contribution is 0.240. The van der Waals surface area contributed by atoms with Crippen LogP contribution in [0.4, 0.5) is 0 Å². The van der Waals surface area contributed by atoms with Crippen LogP contribution >= 0.6 is 11.6 Å². The number of fused-ring (bicyclic) bond motifs is 1. The third kappa shape index (κ3) is 3.89. The molecular weight excluding hydrogens is 378 g/mol. The zero-order valence-electron chi connectivity index (χ0n) is 16.1. The zero-order valence-corrected chi connectivity index (χ0v) is 16.9. The van der Waals surface area contributed by atoms with Gasteiger partial charge in [0.05, 0.1) is 23.4 Å². The Bertz CT molecular complexity index is 922. The van der Waals surface area contributed by atoms with E-state index >= 15 is 0 Å². The van der Waals surface area contributed by atoms with Crippen molar-refractivity contribution in [3.8, 4) is 11.5 Å². The monoisotopic (exact) mass is 403 g/mol. The Morgan fingerprint density at radius 3 is 2.86 bits per heavy atom. The Kier molecular flexibility index (Phi) is 5.60. The highest BCUT2D eigenvalue weighted by atomic mass is 35.5. The average Bonchev–Trinajstić information content (AvgIpc) is 2.71. The summed E-state index contributed by atoms with van der Waals surface area (Å²) in [6, 6.07) is 3.52. The van der Waals surface area contributed by atoms with Crippen LogP contribution in [-0.2, 0) is 19.5 Å². The molecular formula is C21H26ClN3O3. The molecule has 1 aliphatic carbocycles. The van der Waals surface area contributed by atoms with E-state index in [1.54, 1.807) is 12.1 Å². The van der Waals surface area contributed by atoms with Crippen LogP contribution in [0.25, 0.3) is 0 Å². The summed E-state index contributed by atoms with van der Waals surface area (Å²) in [6.45, 7) is 2.01. The molecule has 2 aromatic rings. The van der Waals surface area contributed by atoms with E-state index in [0.717, 1.165) is 48.5 Å². The minimum atomic E-state index is -0.0483. The van der Waals surface area contributed by atoms with Crippen molar-refractivity contribution in [1.29, 1.82) is 0 Å². The predicted octanol–water partition coefficient (Wildman–Crippen LogP) is 3.74. The van der Waals surface area contributed by atoms with E-state index in [1.165, 1.54) is 26.4 Å². The van der Waals surface area contributed by atoms with Crippen LogP contribution in [0.1, 0.15) is 60.7 Å². The molecule has 1 saturated carbocycles. The molecule has 0 atom stereocenters. The number of aromatic nitrogens is 2. The Balaban J connectivity index is 1.52. The van der Waals surface area contributed by atoms with Crippen LogP contribution in [0.2, 0.25) is 5.02 Å². The number of rotatable bonds is 4. The Hall–Kier alpha value is -2.05. The summed E-state index contributed by atoms with van der Waals surface area (Å²) in [4.78, 5) is 22.8. The predicted molar refractivity (Wildman–Crippen MR) is 108 cm³/mol. The van der Waals surface area contributed by atoms with E-state index in [2.05, 4.69) is 9.88 Å². The molecule has 0 amide bonds. The number of hydrogen-bond acceptors (Lipinski definition) is 5. The fourth-order valence-electron chi connectivity index (χ4n) is 4.34. The van der Waals surface area contributed by atoms with Gasteiger partial charge in [-0.1, -0.05) is 30.9 Å². The first-order valence-electron chi connectivity index (χ1n) is 9.95. The molecule has 4 rings (SSSR count). The van der Waals surface area contributed by atoms with Gasteiger partial charge in [0.2, 0.25) is 0 Å². The molecule has 150 valence electrons. The molecule has 6 nitrogen and oxygen atoms in total. The van der Waals surface area contributed by atoms with Crippen LogP contribution in [0.15, 0.2) is 16.9 Å². The molecule has 1 aliphatic heterocycles. The second kappa shape index (κ2) is 8.13. The number of aromatic amines is 1. The third-order valence-corrected chi connectivity index (χ3v) is 6.16. The Morgan fingerprint density at radius 2 is 2.11 bits per heavy atom. The first kappa shape index (κ1) is 19.3. The molecule has 2 heterocycles. The number of phenols is 1. The van der Waals surface area contributed by atoms with Crippen LogP contribution in [0, 0.1) is 0 Å². The maximum atomic E-state index is 12.7. The van der Waals surface area contributed by atoms with E-state index < -0.39 is 0 Å². The molecule has 7 heteroatoms. The minimum absolute atomic E-state index is 0.00316. The maximum absolute atomic E-state index is 12.7. The van der Waals surface area contributed by atoms with Crippen molar-refractivity contribution < 1.29 is 9.84 Å². The summed E-state index contributed by atoms with van der Waals surface area (Å²) in [5.74, 6) is 1.59. The number of aromatic hydroxyl groups is 1. The lowest BCUT2D eigenvalue weighted by atomic mass is 9.88. The number of methoxy groups -OCH3 is 1. The topological polar surface area (TPSA) is 78.5 Å². The van der Waals surface area contributed by atoms with Gasteiger partial charge in [0.15, 0.2) is 11.5 Å². The Labute approximate surface area is 169 Å². The first-order valence-corrected chi connectivity index (χ1v) is 10.3.